The minimum absolute atomic E-state index is 0.0637. The van der Waals surface area contributed by atoms with Gasteiger partial charge < -0.3 is 10.2 Å². The van der Waals surface area contributed by atoms with Crippen LogP contribution >= 0.6 is 27.7 Å². The lowest BCUT2D eigenvalue weighted by molar-refractivity contribution is -0.113. The Morgan fingerprint density at radius 2 is 1.93 bits per heavy atom. The Kier molecular flexibility index (Phi) is 5.96. The molecule has 2 aromatic carbocycles. The van der Waals surface area contributed by atoms with Gasteiger partial charge in [-0.05, 0) is 55.3 Å². The van der Waals surface area contributed by atoms with Crippen molar-refractivity contribution >= 4 is 60.0 Å². The summed E-state index contributed by atoms with van der Waals surface area (Å²) in [6.07, 6.45) is 0. The van der Waals surface area contributed by atoms with Crippen LogP contribution in [0.4, 0.5) is 11.4 Å². The molecule has 0 aromatic heterocycles. The normalized spacial score (nSPS) is 22.0. The second-order valence-electron chi connectivity index (χ2n) is 7.63. The molecule has 9 heteroatoms. The van der Waals surface area contributed by atoms with Gasteiger partial charge in [0.25, 0.3) is 0 Å². The van der Waals surface area contributed by atoms with Crippen LogP contribution in [0.3, 0.4) is 0 Å². The van der Waals surface area contributed by atoms with Crippen LogP contribution in [0.2, 0.25) is 0 Å². The average molecular weight is 508 g/mol. The van der Waals surface area contributed by atoms with Crippen LogP contribution in [0.5, 0.6) is 0 Å². The summed E-state index contributed by atoms with van der Waals surface area (Å²) in [6, 6.07) is 13.0. The van der Waals surface area contributed by atoms with E-state index in [0.717, 1.165) is 27.0 Å². The van der Waals surface area contributed by atoms with E-state index < -0.39 is 9.84 Å². The lowest BCUT2D eigenvalue weighted by Gasteiger charge is -2.28. The lowest BCUT2D eigenvalue weighted by atomic mass is 10.1. The van der Waals surface area contributed by atoms with Crippen LogP contribution in [0.25, 0.3) is 0 Å². The molecule has 30 heavy (non-hydrogen) atoms. The minimum atomic E-state index is -3.11. The highest BCUT2D eigenvalue weighted by Gasteiger charge is 2.47. The van der Waals surface area contributed by atoms with Gasteiger partial charge in [0.2, 0.25) is 5.91 Å². The quantitative estimate of drug-likeness (QED) is 0.680. The maximum absolute atomic E-state index is 12.5. The number of anilines is 2. The molecule has 1 amide bonds. The molecular weight excluding hydrogens is 486 g/mol. The van der Waals surface area contributed by atoms with Crippen molar-refractivity contribution in [3.05, 3.63) is 58.1 Å². The number of rotatable bonds is 4. The van der Waals surface area contributed by atoms with Crippen molar-refractivity contribution in [1.29, 1.82) is 0 Å². The first-order valence-corrected chi connectivity index (χ1v) is 13.1. The van der Waals surface area contributed by atoms with Crippen LogP contribution < -0.4 is 10.2 Å². The number of nitrogens with zero attached hydrogens (tertiary/aromatic N) is 2. The second kappa shape index (κ2) is 8.36. The number of thioether (sulfide) groups is 1. The fourth-order valence-corrected chi connectivity index (χ4v) is 6.78. The first-order chi connectivity index (χ1) is 14.2. The molecule has 0 radical (unpaired) electrons. The highest BCUT2D eigenvalue weighted by Crippen LogP contribution is 2.37. The Hall–Kier alpha value is -1.84. The van der Waals surface area contributed by atoms with E-state index in [1.165, 1.54) is 11.8 Å². The molecule has 158 valence electrons. The molecule has 0 unspecified atom stereocenters. The number of carbonyl (C=O) groups is 1. The van der Waals surface area contributed by atoms with Gasteiger partial charge >= 0.3 is 0 Å². The second-order valence-corrected chi connectivity index (χ2v) is 11.6. The minimum Gasteiger partial charge on any atom is -0.325 e. The Labute approximate surface area is 189 Å². The van der Waals surface area contributed by atoms with Crippen molar-refractivity contribution in [2.75, 3.05) is 27.5 Å². The van der Waals surface area contributed by atoms with Gasteiger partial charge in [-0.1, -0.05) is 39.8 Å². The van der Waals surface area contributed by atoms with Gasteiger partial charge in [-0.25, -0.2) is 8.42 Å². The van der Waals surface area contributed by atoms with Crippen LogP contribution in [-0.2, 0) is 14.6 Å². The molecule has 6 nitrogen and oxygen atoms in total. The molecule has 0 spiro atoms. The first kappa shape index (κ1) is 21.4. The van der Waals surface area contributed by atoms with Gasteiger partial charge in [-0.3, -0.25) is 9.79 Å². The fraction of sp³-hybridized carbons (Fsp3) is 0.333. The summed E-state index contributed by atoms with van der Waals surface area (Å²) in [5.41, 5.74) is 3.83. The summed E-state index contributed by atoms with van der Waals surface area (Å²) in [4.78, 5) is 19.2. The molecule has 2 aromatic rings. The van der Waals surface area contributed by atoms with Crippen LogP contribution in [0, 0.1) is 13.8 Å². The number of halogens is 1. The topological polar surface area (TPSA) is 78.8 Å². The number of fused-ring (bicyclic) bond motifs is 1. The zero-order valence-corrected chi connectivity index (χ0v) is 19.9. The molecule has 0 saturated carbocycles. The van der Waals surface area contributed by atoms with E-state index >= 15 is 0 Å². The summed E-state index contributed by atoms with van der Waals surface area (Å²) in [7, 11) is -3.11. The fourth-order valence-electron chi connectivity index (χ4n) is 3.75. The van der Waals surface area contributed by atoms with Gasteiger partial charge in [0.1, 0.15) is 0 Å². The van der Waals surface area contributed by atoms with E-state index in [2.05, 4.69) is 27.3 Å². The predicted octanol–water partition coefficient (Wildman–Crippen LogP) is 3.78. The number of carbonyl (C=O) groups excluding carboxylic acids is 1. The highest BCUT2D eigenvalue weighted by atomic mass is 79.9. The summed E-state index contributed by atoms with van der Waals surface area (Å²) >= 11 is 4.73. The number of aliphatic imine (C=N–C) groups is 1. The smallest absolute Gasteiger partial charge is 0.234 e. The maximum atomic E-state index is 12.5. The van der Waals surface area contributed by atoms with Crippen molar-refractivity contribution in [2.24, 2.45) is 4.99 Å². The van der Waals surface area contributed by atoms with Crippen molar-refractivity contribution in [1.82, 2.24) is 0 Å². The van der Waals surface area contributed by atoms with E-state index in [-0.39, 0.29) is 35.2 Å². The molecule has 0 aliphatic carbocycles. The standard InChI is InChI=1S/C21H22BrN3O3S2/c1-13-3-4-14(2)18(9-13)25-19-12-30(27,28)11-17(19)24-21(25)29-10-20(26)23-16-7-5-15(22)6-8-16/h3-9,17,19H,10-12H2,1-2H3,(H,23,26)/t17-,19-/m0/s1. The molecular formula is C21H22BrN3O3S2. The third-order valence-electron chi connectivity index (χ3n) is 5.19. The van der Waals surface area contributed by atoms with Crippen LogP contribution in [-0.4, -0.2) is 48.8 Å². The van der Waals surface area contributed by atoms with Crippen molar-refractivity contribution in [3.63, 3.8) is 0 Å². The molecule has 1 fully saturated rings. The van der Waals surface area contributed by atoms with E-state index in [9.17, 15) is 13.2 Å². The Morgan fingerprint density at radius 3 is 2.67 bits per heavy atom. The molecule has 1 N–H and O–H groups in total. The van der Waals surface area contributed by atoms with Crippen molar-refractivity contribution in [2.45, 2.75) is 25.9 Å². The third-order valence-corrected chi connectivity index (χ3v) is 8.39. The summed E-state index contributed by atoms with van der Waals surface area (Å²) < 4.78 is 25.4. The average Bonchev–Trinajstić information content (AvgIpc) is 3.15. The number of benzene rings is 2. The Morgan fingerprint density at radius 1 is 1.20 bits per heavy atom. The predicted molar refractivity (Wildman–Crippen MR) is 127 cm³/mol. The van der Waals surface area contributed by atoms with Gasteiger partial charge in [-0.2, -0.15) is 0 Å². The van der Waals surface area contributed by atoms with Crippen molar-refractivity contribution in [3.8, 4) is 0 Å². The SMILES string of the molecule is Cc1ccc(C)c(N2C(SCC(=O)Nc3ccc(Br)cc3)=N[C@H]3CS(=O)(=O)C[C@@H]32)c1. The van der Waals surface area contributed by atoms with Gasteiger partial charge in [0.15, 0.2) is 15.0 Å². The molecule has 2 heterocycles. The van der Waals surface area contributed by atoms with Gasteiger partial charge in [0.05, 0.1) is 29.3 Å². The highest BCUT2D eigenvalue weighted by molar-refractivity contribution is 9.10. The van der Waals surface area contributed by atoms with E-state index in [4.69, 9.17) is 4.99 Å². The molecule has 0 bridgehead atoms. The van der Waals surface area contributed by atoms with Crippen LogP contribution in [0.1, 0.15) is 11.1 Å². The number of amides is 1. The first-order valence-electron chi connectivity index (χ1n) is 9.55. The molecule has 1 saturated heterocycles. The number of aryl methyl sites for hydroxylation is 2. The zero-order valence-electron chi connectivity index (χ0n) is 16.6. The number of hydrogen-bond acceptors (Lipinski definition) is 6. The largest absolute Gasteiger partial charge is 0.325 e. The number of hydrogen-bond donors (Lipinski definition) is 1. The number of sulfone groups is 1. The van der Waals surface area contributed by atoms with Crippen LogP contribution in [0.15, 0.2) is 51.9 Å². The van der Waals surface area contributed by atoms with Crippen molar-refractivity contribution < 1.29 is 13.2 Å². The summed E-state index contributed by atoms with van der Waals surface area (Å²) in [5.74, 6) is 0.218. The van der Waals surface area contributed by atoms with E-state index in [0.29, 0.717) is 5.17 Å². The summed E-state index contributed by atoms with van der Waals surface area (Å²) in [5, 5.41) is 3.59. The van der Waals surface area contributed by atoms with E-state index in [1.54, 1.807) is 0 Å². The Bertz CT molecular complexity index is 1120. The molecule has 4 rings (SSSR count). The summed E-state index contributed by atoms with van der Waals surface area (Å²) in [6.45, 7) is 4.02. The lowest BCUT2D eigenvalue weighted by Crippen LogP contribution is -2.40. The Balaban J connectivity index is 1.53. The van der Waals surface area contributed by atoms with Gasteiger partial charge in [-0.15, -0.1) is 0 Å². The third kappa shape index (κ3) is 4.58. The zero-order chi connectivity index (χ0) is 21.5. The molecule has 2 atom stereocenters. The monoisotopic (exact) mass is 507 g/mol. The maximum Gasteiger partial charge on any atom is 0.234 e. The number of amidine groups is 1. The molecule has 2 aliphatic rings. The molecule has 2 aliphatic heterocycles. The van der Waals surface area contributed by atoms with E-state index in [1.807, 2.05) is 55.1 Å². The number of nitrogens with one attached hydrogen (secondary N) is 1. The van der Waals surface area contributed by atoms with Gasteiger partial charge in [0, 0.05) is 15.8 Å².